The van der Waals surface area contributed by atoms with Gasteiger partial charge in [-0.1, -0.05) is 37.0 Å². The number of aliphatic imine (C=N–C) groups is 1. The summed E-state index contributed by atoms with van der Waals surface area (Å²) in [5.41, 5.74) is 4.88. The molecule has 2 aromatic heterocycles. The Bertz CT molecular complexity index is 1330. The molecule has 0 aliphatic rings. The summed E-state index contributed by atoms with van der Waals surface area (Å²) in [5.74, 6) is 0.0222. The molecule has 4 rings (SSSR count). The molecule has 2 aromatic carbocycles. The predicted octanol–water partition coefficient (Wildman–Crippen LogP) is 4.39. The molecule has 0 bridgehead atoms. The zero-order chi connectivity index (χ0) is 22.0. The van der Waals surface area contributed by atoms with E-state index in [-0.39, 0.29) is 0 Å². The van der Waals surface area contributed by atoms with E-state index in [9.17, 15) is 4.39 Å². The molecule has 0 unspecified atom stereocenters. The number of hydrogen-bond acceptors (Lipinski definition) is 5. The molecule has 1 N–H and O–H groups in total. The molecule has 0 aliphatic carbocycles. The lowest BCUT2D eigenvalue weighted by Gasteiger charge is -2.08. The van der Waals surface area contributed by atoms with Gasteiger partial charge in [0.2, 0.25) is 0 Å². The third kappa shape index (κ3) is 3.97. The number of fused-ring (bicyclic) bond motifs is 1. The van der Waals surface area contributed by atoms with Gasteiger partial charge < -0.3 is 5.32 Å². The Kier molecular flexibility index (Phi) is 5.64. The maximum Gasteiger partial charge on any atom is 0.250 e. The molecule has 154 valence electrons. The first-order valence-electron chi connectivity index (χ1n) is 9.47. The van der Waals surface area contributed by atoms with Crippen molar-refractivity contribution in [3.05, 3.63) is 83.6 Å². The van der Waals surface area contributed by atoms with Crippen LogP contribution in [0.15, 0.2) is 60.4 Å². The number of aromatic nitrogens is 4. The van der Waals surface area contributed by atoms with E-state index >= 15 is 0 Å². The van der Waals surface area contributed by atoms with E-state index < -0.39 is 5.82 Å². The first-order valence-corrected chi connectivity index (χ1v) is 9.88. The highest BCUT2D eigenvalue weighted by Gasteiger charge is 2.13. The summed E-state index contributed by atoms with van der Waals surface area (Å²) in [5, 5.41) is 7.43. The Labute approximate surface area is 184 Å². The molecule has 0 radical (unpaired) electrons. The number of nitrogens with one attached hydrogen (secondary N) is 1. The van der Waals surface area contributed by atoms with Gasteiger partial charge in [-0.05, 0) is 42.1 Å². The van der Waals surface area contributed by atoms with E-state index in [1.165, 1.54) is 12.3 Å². The van der Waals surface area contributed by atoms with Crippen LogP contribution in [0.3, 0.4) is 0 Å². The fourth-order valence-electron chi connectivity index (χ4n) is 3.30. The van der Waals surface area contributed by atoms with Gasteiger partial charge in [0.05, 0.1) is 23.8 Å². The first kappa shape index (κ1) is 20.5. The zero-order valence-corrected chi connectivity index (χ0v) is 17.7. The summed E-state index contributed by atoms with van der Waals surface area (Å²) in [6, 6.07) is 10.7. The summed E-state index contributed by atoms with van der Waals surface area (Å²) in [6.45, 7) is 7.41. The molecule has 0 amide bonds. The van der Waals surface area contributed by atoms with Crippen LogP contribution in [0.25, 0.3) is 23.1 Å². The maximum absolute atomic E-state index is 14.8. The fourth-order valence-corrected chi connectivity index (χ4v) is 3.43. The summed E-state index contributed by atoms with van der Waals surface area (Å²) in [4.78, 5) is 13.1. The molecule has 0 fully saturated rings. The second kappa shape index (κ2) is 8.53. The van der Waals surface area contributed by atoms with Crippen LogP contribution >= 0.6 is 12.2 Å². The highest BCUT2D eigenvalue weighted by Crippen LogP contribution is 2.24. The normalized spacial score (nSPS) is 10.8. The first-order chi connectivity index (χ1) is 15.0. The Hall–Kier alpha value is -3.78. The van der Waals surface area contributed by atoms with E-state index in [0.717, 1.165) is 22.5 Å². The number of halogens is 1. The van der Waals surface area contributed by atoms with Gasteiger partial charge in [-0.15, -0.1) is 0 Å². The Morgan fingerprint density at radius 1 is 1.23 bits per heavy atom. The molecular formula is C23H19FN6S. The summed E-state index contributed by atoms with van der Waals surface area (Å²) in [7, 11) is 1.70. The molecule has 0 spiro atoms. The Morgan fingerprint density at radius 2 is 2.03 bits per heavy atom. The van der Waals surface area contributed by atoms with E-state index in [1.54, 1.807) is 36.0 Å². The van der Waals surface area contributed by atoms with Gasteiger partial charge in [-0.25, -0.2) is 18.9 Å². The topological polar surface area (TPSA) is 67.5 Å². The number of hydrogen-bond donors (Lipinski definition) is 1. The van der Waals surface area contributed by atoms with Crippen LogP contribution in [0.2, 0.25) is 0 Å². The molecule has 0 aliphatic heterocycles. The number of benzene rings is 2. The van der Waals surface area contributed by atoms with Crippen molar-refractivity contribution in [2.24, 2.45) is 4.99 Å². The second-order valence-corrected chi connectivity index (χ2v) is 7.22. The van der Waals surface area contributed by atoms with Crippen LogP contribution in [0, 0.1) is 5.82 Å². The zero-order valence-electron chi connectivity index (χ0n) is 16.8. The minimum atomic E-state index is -0.423. The van der Waals surface area contributed by atoms with Gasteiger partial charge in [-0.3, -0.25) is 4.99 Å². The van der Waals surface area contributed by atoms with E-state index in [4.69, 9.17) is 12.2 Å². The number of imidazole rings is 1. The fraction of sp³-hybridized carbons (Fsp3) is 0.0870. The molecule has 31 heavy (non-hydrogen) atoms. The Morgan fingerprint density at radius 3 is 2.74 bits per heavy atom. The predicted molar refractivity (Wildman–Crippen MR) is 125 cm³/mol. The lowest BCUT2D eigenvalue weighted by atomic mass is 10.0. The van der Waals surface area contributed by atoms with Crippen molar-refractivity contribution in [2.75, 3.05) is 7.05 Å². The van der Waals surface area contributed by atoms with Gasteiger partial charge in [0.15, 0.2) is 0 Å². The van der Waals surface area contributed by atoms with Gasteiger partial charge in [0.1, 0.15) is 16.5 Å². The molecule has 0 saturated carbocycles. The molecule has 0 atom stereocenters. The van der Waals surface area contributed by atoms with Gasteiger partial charge in [0.25, 0.3) is 5.78 Å². The monoisotopic (exact) mass is 430 g/mol. The summed E-state index contributed by atoms with van der Waals surface area (Å²) < 4.78 is 16.4. The molecule has 6 nitrogen and oxygen atoms in total. The van der Waals surface area contributed by atoms with Crippen LogP contribution in [0.5, 0.6) is 0 Å². The average Bonchev–Trinajstić information content (AvgIpc) is 3.20. The van der Waals surface area contributed by atoms with Crippen LogP contribution in [-0.4, -0.2) is 38.3 Å². The van der Waals surface area contributed by atoms with Crippen LogP contribution in [-0.2, 0) is 6.42 Å². The SMILES string of the molecule is C=Cc1cc(Cc2cnc3ncc(-c4ccc(C(=S)NC)cc4F)nn23)ccc1N=C. The minimum Gasteiger partial charge on any atom is -0.379 e. The van der Waals surface area contributed by atoms with Crippen LogP contribution in [0.1, 0.15) is 22.4 Å². The van der Waals surface area contributed by atoms with E-state index in [1.807, 2.05) is 18.2 Å². The van der Waals surface area contributed by atoms with E-state index in [2.05, 4.69) is 38.7 Å². The van der Waals surface area contributed by atoms with Gasteiger partial charge in [-0.2, -0.15) is 5.10 Å². The second-order valence-electron chi connectivity index (χ2n) is 6.81. The number of rotatable bonds is 6. The number of nitrogens with zero attached hydrogens (tertiary/aromatic N) is 5. The van der Waals surface area contributed by atoms with Crippen LogP contribution < -0.4 is 5.32 Å². The van der Waals surface area contributed by atoms with Crippen LogP contribution in [0.4, 0.5) is 10.1 Å². The third-order valence-corrected chi connectivity index (χ3v) is 5.34. The smallest absolute Gasteiger partial charge is 0.250 e. The minimum absolute atomic E-state index is 0.340. The van der Waals surface area contributed by atoms with Crippen molar-refractivity contribution in [1.82, 2.24) is 24.9 Å². The molecule has 0 saturated heterocycles. The number of thiocarbonyl (C=S) groups is 1. The van der Waals surface area contributed by atoms with Crippen molar-refractivity contribution in [3.8, 4) is 11.3 Å². The summed E-state index contributed by atoms with van der Waals surface area (Å²) in [6.07, 6.45) is 5.54. The van der Waals surface area contributed by atoms with Crippen molar-refractivity contribution < 1.29 is 4.39 Å². The highest BCUT2D eigenvalue weighted by atomic mass is 32.1. The largest absolute Gasteiger partial charge is 0.379 e. The summed E-state index contributed by atoms with van der Waals surface area (Å²) >= 11 is 5.17. The maximum atomic E-state index is 14.8. The van der Waals surface area contributed by atoms with Crippen molar-refractivity contribution in [3.63, 3.8) is 0 Å². The third-order valence-electron chi connectivity index (χ3n) is 4.90. The van der Waals surface area contributed by atoms with Gasteiger partial charge in [0, 0.05) is 24.6 Å². The van der Waals surface area contributed by atoms with Crippen molar-refractivity contribution in [2.45, 2.75) is 6.42 Å². The average molecular weight is 431 g/mol. The van der Waals surface area contributed by atoms with Crippen molar-refractivity contribution in [1.29, 1.82) is 0 Å². The molecular weight excluding hydrogens is 411 g/mol. The highest BCUT2D eigenvalue weighted by molar-refractivity contribution is 7.80. The van der Waals surface area contributed by atoms with E-state index in [0.29, 0.717) is 34.0 Å². The molecule has 2 heterocycles. The molecule has 4 aromatic rings. The van der Waals surface area contributed by atoms with Gasteiger partial charge >= 0.3 is 0 Å². The van der Waals surface area contributed by atoms with Crippen molar-refractivity contribution >= 4 is 41.5 Å². The molecule has 8 heteroatoms. The standard InChI is InChI=1S/C23H19FN6S/c1-4-15-9-14(5-8-20(15)25-2)10-17-12-27-23-28-13-21(29-30(17)23)18-7-6-16(11-19(18)24)22(31)26-3/h4-9,11-13H,1-2,10H2,3H3,(H,26,31). The quantitative estimate of drug-likeness (QED) is 0.363. The lowest BCUT2D eigenvalue weighted by molar-refractivity contribution is 0.629. The Balaban J connectivity index is 1.71. The lowest BCUT2D eigenvalue weighted by Crippen LogP contribution is -2.16.